The third-order valence-electron chi connectivity index (χ3n) is 6.27. The average Bonchev–Trinajstić information content (AvgIpc) is 3.36. The number of piperidine rings is 1. The molecule has 0 aliphatic carbocycles. The van der Waals surface area contributed by atoms with Crippen molar-refractivity contribution in [3.8, 4) is 5.75 Å². The molecule has 2 atom stereocenters. The Morgan fingerprint density at radius 3 is 2.63 bits per heavy atom. The van der Waals surface area contributed by atoms with Crippen LogP contribution in [0.25, 0.3) is 0 Å². The van der Waals surface area contributed by atoms with Gasteiger partial charge in [0.05, 0.1) is 5.41 Å². The van der Waals surface area contributed by atoms with Gasteiger partial charge in [-0.05, 0) is 25.5 Å². The molecule has 2 saturated heterocycles. The minimum Gasteiger partial charge on any atom is -0.484 e. The number of nitrogens with one attached hydrogen (secondary N) is 1. The average molecular weight is 412 g/mol. The van der Waals surface area contributed by atoms with Crippen LogP contribution in [0.4, 0.5) is 0 Å². The number of hydrogen-bond donors (Lipinski definition) is 1. The number of carbonyl (C=O) groups is 2. The zero-order chi connectivity index (χ0) is 21.3. The summed E-state index contributed by atoms with van der Waals surface area (Å²) >= 11 is 0. The van der Waals surface area contributed by atoms with Crippen molar-refractivity contribution in [3.63, 3.8) is 0 Å². The molecular formula is C22H29N5O3. The lowest BCUT2D eigenvalue weighted by Crippen LogP contribution is -2.52. The molecule has 4 rings (SSSR count). The van der Waals surface area contributed by atoms with Gasteiger partial charge in [-0.1, -0.05) is 32.0 Å². The van der Waals surface area contributed by atoms with Gasteiger partial charge in [0.15, 0.2) is 12.4 Å². The number of benzene rings is 1. The van der Waals surface area contributed by atoms with Gasteiger partial charge < -0.3 is 14.5 Å². The zero-order valence-electron chi connectivity index (χ0n) is 17.8. The molecule has 8 nitrogen and oxygen atoms in total. The van der Waals surface area contributed by atoms with E-state index in [9.17, 15) is 9.59 Å². The first kappa shape index (κ1) is 20.4. The minimum atomic E-state index is -0.313. The number of para-hydroxylation sites is 1. The number of aryl methyl sites for hydroxylation is 1. The van der Waals surface area contributed by atoms with Crippen molar-refractivity contribution < 1.29 is 14.3 Å². The summed E-state index contributed by atoms with van der Waals surface area (Å²) in [5, 5.41) is 7.40. The molecule has 2 amide bonds. The topological polar surface area (TPSA) is 91.4 Å². The Hall–Kier alpha value is -2.90. The lowest BCUT2D eigenvalue weighted by molar-refractivity contribution is -0.136. The first-order valence-corrected chi connectivity index (χ1v) is 10.5. The van der Waals surface area contributed by atoms with Crippen molar-refractivity contribution in [1.29, 1.82) is 0 Å². The number of aromatic nitrogens is 3. The number of likely N-dealkylation sites (tertiary alicyclic amines) is 2. The predicted octanol–water partition coefficient (Wildman–Crippen LogP) is 1.78. The van der Waals surface area contributed by atoms with E-state index in [4.69, 9.17) is 4.74 Å². The number of H-pyrrole nitrogens is 1. The van der Waals surface area contributed by atoms with Gasteiger partial charge in [0.25, 0.3) is 5.91 Å². The lowest BCUT2D eigenvalue weighted by atomic mass is 9.72. The molecule has 1 aromatic heterocycles. The second-order valence-electron chi connectivity index (χ2n) is 8.66. The molecule has 0 saturated carbocycles. The number of nitrogens with zero attached hydrogens (tertiary/aromatic N) is 4. The summed E-state index contributed by atoms with van der Waals surface area (Å²) in [6.45, 7) is 8.14. The normalized spacial score (nSPS) is 23.5. The third-order valence-corrected chi connectivity index (χ3v) is 6.27. The van der Waals surface area contributed by atoms with E-state index in [0.29, 0.717) is 31.9 Å². The standard InChI is InChI=1S/C22H29N5O3/c1-15(2)20(29)27-12-17-11-26(19(28)13-30-18-7-5-4-6-8-18)10-9-22(17,14-27)21-23-16(3)24-25-21/h4-8,15,17H,9-14H2,1-3H3,(H,23,24,25)/t17-,22-/m1/s1. The smallest absolute Gasteiger partial charge is 0.260 e. The summed E-state index contributed by atoms with van der Waals surface area (Å²) in [6.07, 6.45) is 0.730. The van der Waals surface area contributed by atoms with Crippen molar-refractivity contribution in [2.24, 2.45) is 11.8 Å². The lowest BCUT2D eigenvalue weighted by Gasteiger charge is -2.41. The molecule has 3 heterocycles. The SMILES string of the molecule is Cc1nc([C@@]23CCN(C(=O)COc4ccccc4)C[C@@H]2CN(C(=O)C(C)C)C3)n[nH]1. The van der Waals surface area contributed by atoms with Gasteiger partial charge >= 0.3 is 0 Å². The highest BCUT2D eigenvalue weighted by atomic mass is 16.5. The Balaban J connectivity index is 1.49. The third kappa shape index (κ3) is 3.78. The van der Waals surface area contributed by atoms with Crippen LogP contribution in [0.3, 0.4) is 0 Å². The molecule has 2 aromatic rings. The number of amides is 2. The minimum absolute atomic E-state index is 0.0120. The molecule has 0 bridgehead atoms. The van der Waals surface area contributed by atoms with Gasteiger partial charge in [0.2, 0.25) is 5.91 Å². The van der Waals surface area contributed by atoms with Crippen LogP contribution in [0.5, 0.6) is 5.75 Å². The number of hydrogen-bond acceptors (Lipinski definition) is 5. The molecule has 0 unspecified atom stereocenters. The van der Waals surface area contributed by atoms with Crippen molar-refractivity contribution in [3.05, 3.63) is 42.0 Å². The van der Waals surface area contributed by atoms with Crippen LogP contribution in [0.1, 0.15) is 31.9 Å². The number of ether oxygens (including phenoxy) is 1. The number of fused-ring (bicyclic) bond motifs is 1. The van der Waals surface area contributed by atoms with Crippen molar-refractivity contribution in [1.82, 2.24) is 25.0 Å². The fourth-order valence-electron chi connectivity index (χ4n) is 4.63. The van der Waals surface area contributed by atoms with Crippen LogP contribution in [0.15, 0.2) is 30.3 Å². The Morgan fingerprint density at radius 2 is 1.97 bits per heavy atom. The molecule has 0 radical (unpaired) electrons. The van der Waals surface area contributed by atoms with E-state index in [0.717, 1.165) is 18.1 Å². The van der Waals surface area contributed by atoms with E-state index >= 15 is 0 Å². The van der Waals surface area contributed by atoms with E-state index in [2.05, 4.69) is 15.2 Å². The molecule has 30 heavy (non-hydrogen) atoms. The van der Waals surface area contributed by atoms with Crippen LogP contribution in [-0.4, -0.2) is 69.6 Å². The molecule has 2 aliphatic rings. The van der Waals surface area contributed by atoms with Crippen molar-refractivity contribution >= 4 is 11.8 Å². The van der Waals surface area contributed by atoms with Crippen LogP contribution >= 0.6 is 0 Å². The number of aromatic amines is 1. The molecule has 2 aliphatic heterocycles. The Labute approximate surface area is 176 Å². The summed E-state index contributed by atoms with van der Waals surface area (Å²) < 4.78 is 5.65. The quantitative estimate of drug-likeness (QED) is 0.810. The Kier molecular flexibility index (Phi) is 5.49. The van der Waals surface area contributed by atoms with Gasteiger partial charge in [-0.3, -0.25) is 14.7 Å². The molecular weight excluding hydrogens is 382 g/mol. The van der Waals surface area contributed by atoms with Crippen molar-refractivity contribution in [2.75, 3.05) is 32.8 Å². The second kappa shape index (κ2) is 8.08. The summed E-state index contributed by atoms with van der Waals surface area (Å²) in [6, 6.07) is 9.35. The van der Waals surface area contributed by atoms with Crippen LogP contribution < -0.4 is 4.74 Å². The summed E-state index contributed by atoms with van der Waals surface area (Å²) in [7, 11) is 0. The summed E-state index contributed by atoms with van der Waals surface area (Å²) in [4.78, 5) is 33.9. The number of carbonyl (C=O) groups excluding carboxylic acids is 2. The van der Waals surface area contributed by atoms with E-state index in [1.807, 2.05) is 60.9 Å². The van der Waals surface area contributed by atoms with Crippen molar-refractivity contribution in [2.45, 2.75) is 32.6 Å². The largest absolute Gasteiger partial charge is 0.484 e. The first-order chi connectivity index (χ1) is 14.4. The maximum Gasteiger partial charge on any atom is 0.260 e. The van der Waals surface area contributed by atoms with E-state index in [1.54, 1.807) is 0 Å². The highest BCUT2D eigenvalue weighted by molar-refractivity contribution is 5.79. The van der Waals surface area contributed by atoms with E-state index in [1.165, 1.54) is 0 Å². The van der Waals surface area contributed by atoms with Gasteiger partial charge in [0, 0.05) is 38.0 Å². The highest BCUT2D eigenvalue weighted by Crippen LogP contribution is 2.44. The van der Waals surface area contributed by atoms with E-state index in [-0.39, 0.29) is 35.7 Å². The Morgan fingerprint density at radius 1 is 1.23 bits per heavy atom. The number of rotatable bonds is 5. The van der Waals surface area contributed by atoms with Gasteiger partial charge in [-0.15, -0.1) is 0 Å². The fraction of sp³-hybridized carbons (Fsp3) is 0.545. The van der Waals surface area contributed by atoms with Gasteiger partial charge in [-0.2, -0.15) is 5.10 Å². The predicted molar refractivity (Wildman–Crippen MR) is 111 cm³/mol. The summed E-state index contributed by atoms with van der Waals surface area (Å²) in [5.74, 6) is 2.35. The van der Waals surface area contributed by atoms with Gasteiger partial charge in [0.1, 0.15) is 11.6 Å². The molecule has 0 spiro atoms. The fourth-order valence-corrected chi connectivity index (χ4v) is 4.63. The van der Waals surface area contributed by atoms with Crippen LogP contribution in [-0.2, 0) is 15.0 Å². The highest BCUT2D eigenvalue weighted by Gasteiger charge is 2.54. The molecule has 160 valence electrons. The second-order valence-corrected chi connectivity index (χ2v) is 8.66. The molecule has 1 aromatic carbocycles. The van der Waals surface area contributed by atoms with Gasteiger partial charge in [-0.25, -0.2) is 4.98 Å². The van der Waals surface area contributed by atoms with Crippen LogP contribution in [0, 0.1) is 18.8 Å². The molecule has 8 heteroatoms. The maximum atomic E-state index is 12.8. The Bertz CT molecular complexity index is 913. The first-order valence-electron chi connectivity index (χ1n) is 10.5. The maximum absolute atomic E-state index is 12.8. The summed E-state index contributed by atoms with van der Waals surface area (Å²) in [5.41, 5.74) is -0.313. The monoisotopic (exact) mass is 411 g/mol. The van der Waals surface area contributed by atoms with E-state index < -0.39 is 0 Å². The molecule has 1 N–H and O–H groups in total. The zero-order valence-corrected chi connectivity index (χ0v) is 17.8. The molecule has 2 fully saturated rings. The van der Waals surface area contributed by atoms with Crippen LogP contribution in [0.2, 0.25) is 0 Å².